The van der Waals surface area contributed by atoms with Crippen molar-refractivity contribution in [3.05, 3.63) is 46.2 Å². The Balaban J connectivity index is 1.70. The molecule has 0 radical (unpaired) electrons. The van der Waals surface area contributed by atoms with Gasteiger partial charge in [0.15, 0.2) is 0 Å². The number of hydrogen-bond acceptors (Lipinski definition) is 3. The number of imidazole rings is 1. The van der Waals surface area contributed by atoms with Crippen LogP contribution in [0.4, 0.5) is 5.95 Å². The third-order valence-electron chi connectivity index (χ3n) is 3.80. The maximum Gasteiger partial charge on any atom is 0.255 e. The lowest BCUT2D eigenvalue weighted by atomic mass is 10.2. The zero-order chi connectivity index (χ0) is 15.7. The SMILES string of the molecule is Cn1ccnc1N1CCN(C(=O)c2cc(Cl)ccc2Cl)CC1. The summed E-state index contributed by atoms with van der Waals surface area (Å²) in [5.41, 5.74) is 0.458. The van der Waals surface area contributed by atoms with E-state index in [2.05, 4.69) is 9.88 Å². The van der Waals surface area contributed by atoms with Crippen molar-refractivity contribution in [1.82, 2.24) is 14.5 Å². The molecule has 0 spiro atoms. The first kappa shape index (κ1) is 15.2. The number of nitrogens with zero attached hydrogens (tertiary/aromatic N) is 4. The second-order valence-electron chi connectivity index (χ2n) is 5.24. The Morgan fingerprint density at radius 1 is 1.18 bits per heavy atom. The first-order valence-corrected chi connectivity index (χ1v) is 7.78. The number of aryl methyl sites for hydroxylation is 1. The number of carbonyl (C=O) groups excluding carboxylic acids is 1. The van der Waals surface area contributed by atoms with Gasteiger partial charge in [0.05, 0.1) is 10.6 Å². The minimum atomic E-state index is -0.0769. The van der Waals surface area contributed by atoms with Gasteiger partial charge in [0.2, 0.25) is 5.95 Å². The fraction of sp³-hybridized carbons (Fsp3) is 0.333. The van der Waals surface area contributed by atoms with Gasteiger partial charge in [-0.3, -0.25) is 4.79 Å². The first-order chi connectivity index (χ1) is 10.6. The van der Waals surface area contributed by atoms with E-state index >= 15 is 0 Å². The minimum Gasteiger partial charge on any atom is -0.339 e. The van der Waals surface area contributed by atoms with E-state index in [1.165, 1.54) is 0 Å². The number of benzene rings is 1. The van der Waals surface area contributed by atoms with Crippen LogP contribution in [0.3, 0.4) is 0 Å². The quantitative estimate of drug-likeness (QED) is 0.845. The molecule has 116 valence electrons. The van der Waals surface area contributed by atoms with Gasteiger partial charge in [-0.05, 0) is 18.2 Å². The first-order valence-electron chi connectivity index (χ1n) is 7.03. The van der Waals surface area contributed by atoms with Crippen LogP contribution >= 0.6 is 23.2 Å². The number of hydrogen-bond donors (Lipinski definition) is 0. The number of rotatable bonds is 2. The van der Waals surface area contributed by atoms with Gasteiger partial charge in [0, 0.05) is 50.6 Å². The second kappa shape index (κ2) is 6.18. The summed E-state index contributed by atoms with van der Waals surface area (Å²) in [7, 11) is 1.96. The molecule has 1 aliphatic heterocycles. The van der Waals surface area contributed by atoms with Gasteiger partial charge in [-0.15, -0.1) is 0 Å². The monoisotopic (exact) mass is 338 g/mol. The van der Waals surface area contributed by atoms with Gasteiger partial charge in [-0.1, -0.05) is 23.2 Å². The molecule has 1 aromatic heterocycles. The van der Waals surface area contributed by atoms with Gasteiger partial charge >= 0.3 is 0 Å². The predicted octanol–water partition coefficient (Wildman–Crippen LogP) is 2.69. The highest BCUT2D eigenvalue weighted by atomic mass is 35.5. The summed E-state index contributed by atoms with van der Waals surface area (Å²) in [4.78, 5) is 20.9. The fourth-order valence-corrected chi connectivity index (χ4v) is 2.97. The molecule has 1 aromatic carbocycles. The molecule has 0 unspecified atom stereocenters. The van der Waals surface area contributed by atoms with Crippen LogP contribution in [0.1, 0.15) is 10.4 Å². The normalized spacial score (nSPS) is 15.2. The zero-order valence-corrected chi connectivity index (χ0v) is 13.7. The Kier molecular flexibility index (Phi) is 4.27. The summed E-state index contributed by atoms with van der Waals surface area (Å²) in [5, 5.41) is 0.945. The summed E-state index contributed by atoms with van der Waals surface area (Å²) in [6.07, 6.45) is 3.69. The van der Waals surface area contributed by atoms with E-state index < -0.39 is 0 Å². The van der Waals surface area contributed by atoms with E-state index in [-0.39, 0.29) is 5.91 Å². The highest BCUT2D eigenvalue weighted by Gasteiger charge is 2.25. The Labute approximate surface area is 139 Å². The van der Waals surface area contributed by atoms with Crippen LogP contribution < -0.4 is 4.90 Å². The van der Waals surface area contributed by atoms with Crippen molar-refractivity contribution in [3.63, 3.8) is 0 Å². The third kappa shape index (κ3) is 2.91. The van der Waals surface area contributed by atoms with Gasteiger partial charge < -0.3 is 14.4 Å². The number of carbonyl (C=O) groups is 1. The molecular weight excluding hydrogens is 323 g/mol. The highest BCUT2D eigenvalue weighted by molar-refractivity contribution is 6.35. The van der Waals surface area contributed by atoms with Crippen LogP contribution in [0.2, 0.25) is 10.0 Å². The van der Waals surface area contributed by atoms with E-state index in [0.29, 0.717) is 28.7 Å². The number of amides is 1. The van der Waals surface area contributed by atoms with Crippen LogP contribution in [-0.4, -0.2) is 46.5 Å². The molecule has 1 aliphatic rings. The van der Waals surface area contributed by atoms with Gasteiger partial charge in [0.25, 0.3) is 5.91 Å². The van der Waals surface area contributed by atoms with Gasteiger partial charge in [-0.2, -0.15) is 0 Å². The zero-order valence-electron chi connectivity index (χ0n) is 12.2. The summed E-state index contributed by atoms with van der Waals surface area (Å²) < 4.78 is 1.98. The summed E-state index contributed by atoms with van der Waals surface area (Å²) in [5.74, 6) is 0.847. The lowest BCUT2D eigenvalue weighted by molar-refractivity contribution is 0.0746. The van der Waals surface area contributed by atoms with Crippen LogP contribution in [0.15, 0.2) is 30.6 Å². The van der Waals surface area contributed by atoms with E-state index in [4.69, 9.17) is 23.2 Å². The number of piperazine rings is 1. The minimum absolute atomic E-state index is 0.0769. The lowest BCUT2D eigenvalue weighted by Crippen LogP contribution is -2.49. The second-order valence-corrected chi connectivity index (χ2v) is 6.09. The molecule has 0 aliphatic carbocycles. The van der Waals surface area contributed by atoms with Gasteiger partial charge in [0.1, 0.15) is 0 Å². The van der Waals surface area contributed by atoms with E-state index in [1.807, 2.05) is 17.8 Å². The van der Waals surface area contributed by atoms with Crippen molar-refractivity contribution in [1.29, 1.82) is 0 Å². The van der Waals surface area contributed by atoms with Crippen molar-refractivity contribution in [2.24, 2.45) is 7.05 Å². The van der Waals surface area contributed by atoms with Crippen LogP contribution in [0.25, 0.3) is 0 Å². The Bertz CT molecular complexity index is 693. The highest BCUT2D eigenvalue weighted by Crippen LogP contribution is 2.23. The summed E-state index contributed by atoms with van der Waals surface area (Å²) in [6, 6.07) is 4.96. The molecule has 0 bridgehead atoms. The molecule has 0 N–H and O–H groups in total. The topological polar surface area (TPSA) is 41.4 Å². The van der Waals surface area contributed by atoms with Crippen molar-refractivity contribution in [2.75, 3.05) is 31.1 Å². The molecule has 1 saturated heterocycles. The molecule has 3 rings (SSSR count). The average molecular weight is 339 g/mol. The Morgan fingerprint density at radius 3 is 2.55 bits per heavy atom. The lowest BCUT2D eigenvalue weighted by Gasteiger charge is -2.35. The maximum absolute atomic E-state index is 12.6. The van der Waals surface area contributed by atoms with E-state index in [9.17, 15) is 4.79 Å². The molecule has 2 heterocycles. The Morgan fingerprint density at radius 2 is 1.91 bits per heavy atom. The van der Waals surface area contributed by atoms with Crippen molar-refractivity contribution < 1.29 is 4.79 Å². The van der Waals surface area contributed by atoms with Crippen LogP contribution in [-0.2, 0) is 7.05 Å². The predicted molar refractivity (Wildman–Crippen MR) is 87.8 cm³/mol. The number of anilines is 1. The maximum atomic E-state index is 12.6. The van der Waals surface area contributed by atoms with Gasteiger partial charge in [-0.25, -0.2) is 4.98 Å². The van der Waals surface area contributed by atoms with E-state index in [1.54, 1.807) is 29.3 Å². The molecule has 7 heteroatoms. The standard InChI is InChI=1S/C15H16Cl2N4O/c1-19-5-4-18-15(19)21-8-6-20(7-9-21)14(22)12-10-11(16)2-3-13(12)17/h2-5,10H,6-9H2,1H3. The van der Waals surface area contributed by atoms with Crippen LogP contribution in [0.5, 0.6) is 0 Å². The van der Waals surface area contributed by atoms with Crippen molar-refractivity contribution in [2.45, 2.75) is 0 Å². The molecule has 5 nitrogen and oxygen atoms in total. The molecule has 1 amide bonds. The van der Waals surface area contributed by atoms with E-state index in [0.717, 1.165) is 19.0 Å². The molecule has 0 atom stereocenters. The summed E-state index contributed by atoms with van der Waals surface area (Å²) in [6.45, 7) is 2.76. The fourth-order valence-electron chi connectivity index (χ4n) is 2.60. The molecule has 0 saturated carbocycles. The number of halogens is 2. The molecule has 22 heavy (non-hydrogen) atoms. The number of aromatic nitrogens is 2. The molecule has 1 fully saturated rings. The molecular formula is C15H16Cl2N4O. The largest absolute Gasteiger partial charge is 0.339 e. The Hall–Kier alpha value is -1.72. The van der Waals surface area contributed by atoms with Crippen molar-refractivity contribution in [3.8, 4) is 0 Å². The average Bonchev–Trinajstić information content (AvgIpc) is 2.95. The molecule has 2 aromatic rings. The smallest absolute Gasteiger partial charge is 0.255 e. The summed E-state index contributed by atoms with van der Waals surface area (Å²) >= 11 is 12.1. The van der Waals surface area contributed by atoms with Crippen LogP contribution in [0, 0.1) is 0 Å². The van der Waals surface area contributed by atoms with Crippen molar-refractivity contribution >= 4 is 35.1 Å². The third-order valence-corrected chi connectivity index (χ3v) is 4.37.